The first-order valence-corrected chi connectivity index (χ1v) is 6.69. The van der Waals surface area contributed by atoms with E-state index in [-0.39, 0.29) is 0 Å². The molecule has 0 aliphatic carbocycles. The Kier molecular flexibility index (Phi) is 4.50. The van der Waals surface area contributed by atoms with Crippen molar-refractivity contribution in [2.75, 3.05) is 12.4 Å². The zero-order valence-corrected chi connectivity index (χ0v) is 12.3. The van der Waals surface area contributed by atoms with Gasteiger partial charge in [0.1, 0.15) is 5.75 Å². The molecule has 18 heavy (non-hydrogen) atoms. The Balaban J connectivity index is 2.18. The van der Waals surface area contributed by atoms with Crippen molar-refractivity contribution in [2.24, 2.45) is 0 Å². The smallest absolute Gasteiger partial charge is 0.125 e. The number of methoxy groups -OCH3 is 1. The molecule has 0 heterocycles. The highest BCUT2D eigenvalue weighted by atomic mass is 79.9. The van der Waals surface area contributed by atoms with Gasteiger partial charge in [0.05, 0.1) is 7.11 Å². The zero-order chi connectivity index (χ0) is 13.0. The number of ether oxygens (including phenoxy) is 1. The summed E-state index contributed by atoms with van der Waals surface area (Å²) in [5, 5.41) is 4.04. The fourth-order valence-corrected chi connectivity index (χ4v) is 2.35. The van der Waals surface area contributed by atoms with Gasteiger partial charge in [-0.2, -0.15) is 0 Å². The van der Waals surface area contributed by atoms with Crippen molar-refractivity contribution < 1.29 is 4.74 Å². The van der Waals surface area contributed by atoms with Gasteiger partial charge in [-0.15, -0.1) is 0 Å². The van der Waals surface area contributed by atoms with Gasteiger partial charge in [0.15, 0.2) is 0 Å². The average Bonchev–Trinajstić information content (AvgIpc) is 2.39. The van der Waals surface area contributed by atoms with Crippen molar-refractivity contribution in [1.29, 1.82) is 0 Å². The largest absolute Gasteiger partial charge is 0.496 e. The number of rotatable bonds is 4. The van der Waals surface area contributed by atoms with Crippen LogP contribution in [0, 0.1) is 0 Å². The second-order valence-electron chi connectivity index (χ2n) is 3.75. The van der Waals surface area contributed by atoms with Crippen LogP contribution < -0.4 is 10.1 Å². The summed E-state index contributed by atoms with van der Waals surface area (Å²) < 4.78 is 6.33. The van der Waals surface area contributed by atoms with Gasteiger partial charge >= 0.3 is 0 Å². The number of nitrogens with one attached hydrogen (secondary N) is 1. The highest BCUT2D eigenvalue weighted by Crippen LogP contribution is 2.28. The van der Waals surface area contributed by atoms with Crippen LogP contribution in [0.5, 0.6) is 5.75 Å². The number of hydrogen-bond donors (Lipinski definition) is 1. The zero-order valence-electron chi connectivity index (χ0n) is 9.91. The molecular weight excluding hydrogens is 314 g/mol. The van der Waals surface area contributed by atoms with Crippen LogP contribution in [0.25, 0.3) is 0 Å². The fourth-order valence-electron chi connectivity index (χ4n) is 1.69. The van der Waals surface area contributed by atoms with Crippen molar-refractivity contribution in [2.45, 2.75) is 6.54 Å². The predicted octanol–water partition coefficient (Wildman–Crippen LogP) is 4.72. The lowest BCUT2D eigenvalue weighted by molar-refractivity contribution is 0.410. The van der Waals surface area contributed by atoms with Gasteiger partial charge in [0, 0.05) is 27.3 Å². The number of halogens is 2. The summed E-state index contributed by atoms with van der Waals surface area (Å²) in [6.07, 6.45) is 0. The van der Waals surface area contributed by atoms with E-state index in [9.17, 15) is 0 Å². The number of anilines is 1. The first kappa shape index (κ1) is 13.2. The molecule has 0 saturated heterocycles. The van der Waals surface area contributed by atoms with Crippen LogP contribution in [-0.2, 0) is 6.54 Å². The van der Waals surface area contributed by atoms with Crippen molar-refractivity contribution in [3.63, 3.8) is 0 Å². The van der Waals surface area contributed by atoms with E-state index in [1.807, 2.05) is 42.5 Å². The van der Waals surface area contributed by atoms with Crippen molar-refractivity contribution >= 4 is 33.2 Å². The second kappa shape index (κ2) is 6.12. The van der Waals surface area contributed by atoms with E-state index in [0.717, 1.165) is 21.5 Å². The summed E-state index contributed by atoms with van der Waals surface area (Å²) >= 11 is 9.68. The maximum Gasteiger partial charge on any atom is 0.125 e. The Labute approximate surface area is 120 Å². The standard InChI is InChI=1S/C14H13BrClNO/c1-18-14-8-4-6-12(16)10(14)9-17-13-7-3-2-5-11(13)15/h2-8,17H,9H2,1H3. The van der Waals surface area contributed by atoms with E-state index < -0.39 is 0 Å². The molecule has 0 aromatic heterocycles. The second-order valence-corrected chi connectivity index (χ2v) is 5.02. The molecule has 4 heteroatoms. The molecule has 94 valence electrons. The third-order valence-corrected chi connectivity index (χ3v) is 3.67. The molecule has 1 N–H and O–H groups in total. The van der Waals surface area contributed by atoms with Crippen LogP contribution in [0.15, 0.2) is 46.9 Å². The summed E-state index contributed by atoms with van der Waals surface area (Å²) in [7, 11) is 1.65. The molecule has 0 amide bonds. The first-order valence-electron chi connectivity index (χ1n) is 5.52. The molecular formula is C14H13BrClNO. The third kappa shape index (κ3) is 2.98. The van der Waals surface area contributed by atoms with E-state index in [2.05, 4.69) is 21.2 Å². The average molecular weight is 327 g/mol. The summed E-state index contributed by atoms with van der Waals surface area (Å²) in [6.45, 7) is 0.617. The van der Waals surface area contributed by atoms with Crippen LogP contribution in [0.1, 0.15) is 5.56 Å². The van der Waals surface area contributed by atoms with Crippen LogP contribution >= 0.6 is 27.5 Å². The maximum absolute atomic E-state index is 6.18. The van der Waals surface area contributed by atoms with Crippen molar-refractivity contribution in [3.05, 3.63) is 57.5 Å². The molecule has 2 aromatic rings. The van der Waals surface area contributed by atoms with Crippen LogP contribution in [0.2, 0.25) is 5.02 Å². The molecule has 0 spiro atoms. The molecule has 2 rings (SSSR count). The van der Waals surface area contributed by atoms with Gasteiger partial charge in [-0.25, -0.2) is 0 Å². The Hall–Kier alpha value is -1.19. The first-order chi connectivity index (χ1) is 8.72. The highest BCUT2D eigenvalue weighted by Gasteiger charge is 2.07. The SMILES string of the molecule is COc1cccc(Cl)c1CNc1ccccc1Br. The van der Waals surface area contributed by atoms with Crippen molar-refractivity contribution in [1.82, 2.24) is 0 Å². The van der Waals surface area contributed by atoms with Gasteiger partial charge in [0.2, 0.25) is 0 Å². The Morgan fingerprint density at radius 1 is 1.17 bits per heavy atom. The van der Waals surface area contributed by atoms with E-state index in [0.29, 0.717) is 11.6 Å². The summed E-state index contributed by atoms with van der Waals surface area (Å²) in [6, 6.07) is 13.6. The lowest BCUT2D eigenvalue weighted by Gasteiger charge is -2.13. The Morgan fingerprint density at radius 3 is 2.67 bits per heavy atom. The van der Waals surface area contributed by atoms with Gasteiger partial charge in [-0.1, -0.05) is 29.8 Å². The quantitative estimate of drug-likeness (QED) is 0.877. The minimum absolute atomic E-state index is 0.617. The van der Waals surface area contributed by atoms with Crippen LogP contribution in [0.4, 0.5) is 5.69 Å². The lowest BCUT2D eigenvalue weighted by atomic mass is 10.2. The highest BCUT2D eigenvalue weighted by molar-refractivity contribution is 9.10. The van der Waals surface area contributed by atoms with E-state index in [1.54, 1.807) is 7.11 Å². The molecule has 0 atom stereocenters. The Morgan fingerprint density at radius 2 is 1.94 bits per heavy atom. The molecule has 2 aromatic carbocycles. The number of para-hydroxylation sites is 1. The maximum atomic E-state index is 6.18. The van der Waals surface area contributed by atoms with Crippen LogP contribution in [-0.4, -0.2) is 7.11 Å². The lowest BCUT2D eigenvalue weighted by Crippen LogP contribution is -2.02. The molecule has 0 unspecified atom stereocenters. The summed E-state index contributed by atoms with van der Waals surface area (Å²) in [5.74, 6) is 0.794. The molecule has 0 aliphatic rings. The Bertz CT molecular complexity index is 545. The predicted molar refractivity (Wildman–Crippen MR) is 79.5 cm³/mol. The van der Waals surface area contributed by atoms with E-state index >= 15 is 0 Å². The minimum Gasteiger partial charge on any atom is -0.496 e. The van der Waals surface area contributed by atoms with Gasteiger partial charge in [-0.3, -0.25) is 0 Å². The van der Waals surface area contributed by atoms with Gasteiger partial charge < -0.3 is 10.1 Å². The molecule has 0 saturated carbocycles. The number of benzene rings is 2. The van der Waals surface area contributed by atoms with Crippen molar-refractivity contribution in [3.8, 4) is 5.75 Å². The number of hydrogen-bond acceptors (Lipinski definition) is 2. The van der Waals surface area contributed by atoms with Gasteiger partial charge in [0.25, 0.3) is 0 Å². The van der Waals surface area contributed by atoms with Gasteiger partial charge in [-0.05, 0) is 40.2 Å². The van der Waals surface area contributed by atoms with E-state index in [1.165, 1.54) is 0 Å². The molecule has 0 bridgehead atoms. The molecule has 0 fully saturated rings. The topological polar surface area (TPSA) is 21.3 Å². The fraction of sp³-hybridized carbons (Fsp3) is 0.143. The van der Waals surface area contributed by atoms with E-state index in [4.69, 9.17) is 16.3 Å². The summed E-state index contributed by atoms with van der Waals surface area (Å²) in [4.78, 5) is 0. The summed E-state index contributed by atoms with van der Waals surface area (Å²) in [5.41, 5.74) is 1.98. The molecule has 0 radical (unpaired) electrons. The van der Waals surface area contributed by atoms with Crippen LogP contribution in [0.3, 0.4) is 0 Å². The minimum atomic E-state index is 0.617. The molecule has 2 nitrogen and oxygen atoms in total. The molecule has 0 aliphatic heterocycles. The third-order valence-electron chi connectivity index (χ3n) is 2.63. The monoisotopic (exact) mass is 325 g/mol. The normalized spacial score (nSPS) is 10.2.